The van der Waals surface area contributed by atoms with Crippen LogP contribution in [0.2, 0.25) is 0 Å². The summed E-state index contributed by atoms with van der Waals surface area (Å²) in [4.78, 5) is 11.1. The minimum atomic E-state index is -0.133. The van der Waals surface area contributed by atoms with Crippen molar-refractivity contribution < 1.29 is 0 Å². The van der Waals surface area contributed by atoms with Gasteiger partial charge < -0.3 is 5.32 Å². The molecule has 2 heterocycles. The van der Waals surface area contributed by atoms with Gasteiger partial charge in [-0.3, -0.25) is 19.7 Å². The van der Waals surface area contributed by atoms with Crippen molar-refractivity contribution in [1.29, 1.82) is 0 Å². The average molecular weight is 270 g/mol. The lowest BCUT2D eigenvalue weighted by atomic mass is 10.1. The van der Waals surface area contributed by atoms with Crippen LogP contribution in [0.5, 0.6) is 0 Å². The van der Waals surface area contributed by atoms with Crippen LogP contribution in [0.4, 0.5) is 5.69 Å². The number of rotatable bonds is 4. The normalized spacial score (nSPS) is 10.7. The first-order chi connectivity index (χ1) is 9.72. The third kappa shape index (κ3) is 2.46. The number of aromatic amines is 2. The number of aryl methyl sites for hydroxylation is 1. The summed E-state index contributed by atoms with van der Waals surface area (Å²) in [5.74, 6) is 0. The SMILES string of the molecule is Cn1nncc1CNc1ccc(-c2cc(=O)[nH][nH]2)cc1. The van der Waals surface area contributed by atoms with Crippen LogP contribution in [0.25, 0.3) is 11.3 Å². The molecule has 0 aliphatic carbocycles. The van der Waals surface area contributed by atoms with Crippen LogP contribution in [0.3, 0.4) is 0 Å². The Morgan fingerprint density at radius 1 is 1.25 bits per heavy atom. The van der Waals surface area contributed by atoms with E-state index in [0.717, 1.165) is 22.6 Å². The van der Waals surface area contributed by atoms with Crippen molar-refractivity contribution in [2.24, 2.45) is 7.05 Å². The number of H-pyrrole nitrogens is 2. The van der Waals surface area contributed by atoms with E-state index in [2.05, 4.69) is 25.8 Å². The zero-order chi connectivity index (χ0) is 13.9. The first kappa shape index (κ1) is 12.2. The Morgan fingerprint density at radius 2 is 2.05 bits per heavy atom. The maximum Gasteiger partial charge on any atom is 0.264 e. The Morgan fingerprint density at radius 3 is 2.65 bits per heavy atom. The molecule has 3 N–H and O–H groups in total. The molecule has 0 saturated carbocycles. The van der Waals surface area contributed by atoms with Gasteiger partial charge in [0, 0.05) is 18.8 Å². The van der Waals surface area contributed by atoms with Crippen LogP contribution in [0.1, 0.15) is 5.69 Å². The number of benzene rings is 1. The van der Waals surface area contributed by atoms with Gasteiger partial charge in [0.15, 0.2) is 0 Å². The molecule has 0 spiro atoms. The molecular weight excluding hydrogens is 256 g/mol. The summed E-state index contributed by atoms with van der Waals surface area (Å²) in [6.07, 6.45) is 1.73. The number of hydrogen-bond donors (Lipinski definition) is 3. The zero-order valence-corrected chi connectivity index (χ0v) is 10.9. The molecule has 0 fully saturated rings. The number of nitrogens with zero attached hydrogens (tertiary/aromatic N) is 3. The lowest BCUT2D eigenvalue weighted by Crippen LogP contribution is -2.05. The van der Waals surface area contributed by atoms with E-state index in [4.69, 9.17) is 0 Å². The molecule has 0 radical (unpaired) electrons. The van der Waals surface area contributed by atoms with E-state index in [1.165, 1.54) is 6.07 Å². The standard InChI is InChI=1S/C13H14N6O/c1-19-11(8-15-18-19)7-14-10-4-2-9(3-5-10)12-6-13(20)17-16-12/h2-6,8,14H,7H2,1H3,(H2,16,17,20). The maximum atomic E-state index is 11.1. The van der Waals surface area contributed by atoms with Crippen LogP contribution in [-0.4, -0.2) is 25.2 Å². The highest BCUT2D eigenvalue weighted by Crippen LogP contribution is 2.18. The highest BCUT2D eigenvalue weighted by Gasteiger charge is 2.02. The third-order valence-corrected chi connectivity index (χ3v) is 3.07. The predicted molar refractivity (Wildman–Crippen MR) is 75.2 cm³/mol. The van der Waals surface area contributed by atoms with E-state index in [1.54, 1.807) is 10.9 Å². The minimum Gasteiger partial charge on any atom is -0.379 e. The third-order valence-electron chi connectivity index (χ3n) is 3.07. The van der Waals surface area contributed by atoms with Crippen molar-refractivity contribution in [3.05, 3.63) is 52.6 Å². The van der Waals surface area contributed by atoms with Gasteiger partial charge in [0.2, 0.25) is 0 Å². The molecule has 3 aromatic rings. The van der Waals surface area contributed by atoms with E-state index in [0.29, 0.717) is 6.54 Å². The smallest absolute Gasteiger partial charge is 0.264 e. The van der Waals surface area contributed by atoms with Crippen LogP contribution in [0, 0.1) is 0 Å². The number of aromatic nitrogens is 5. The second-order valence-electron chi connectivity index (χ2n) is 4.45. The van der Waals surface area contributed by atoms with Crippen molar-refractivity contribution in [1.82, 2.24) is 25.2 Å². The van der Waals surface area contributed by atoms with Gasteiger partial charge in [-0.2, -0.15) is 0 Å². The monoisotopic (exact) mass is 270 g/mol. The summed E-state index contributed by atoms with van der Waals surface area (Å²) in [5.41, 5.74) is 3.59. The topological polar surface area (TPSA) is 91.4 Å². The summed E-state index contributed by atoms with van der Waals surface area (Å²) in [7, 11) is 1.86. The van der Waals surface area contributed by atoms with Gasteiger partial charge in [0.05, 0.1) is 24.1 Å². The highest BCUT2D eigenvalue weighted by atomic mass is 16.1. The predicted octanol–water partition coefficient (Wildman–Crippen LogP) is 1.11. The van der Waals surface area contributed by atoms with E-state index >= 15 is 0 Å². The lowest BCUT2D eigenvalue weighted by Gasteiger charge is -2.06. The number of anilines is 1. The molecule has 20 heavy (non-hydrogen) atoms. The Hall–Kier alpha value is -2.83. The Kier molecular flexibility index (Phi) is 3.08. The Labute approximate surface area is 114 Å². The Balaban J connectivity index is 1.70. The molecule has 7 heteroatoms. The second kappa shape index (κ2) is 5.04. The fraction of sp³-hybridized carbons (Fsp3) is 0.154. The molecule has 0 bridgehead atoms. The van der Waals surface area contributed by atoms with Gasteiger partial charge in [-0.25, -0.2) is 0 Å². The van der Waals surface area contributed by atoms with Crippen LogP contribution in [-0.2, 0) is 13.6 Å². The minimum absolute atomic E-state index is 0.133. The summed E-state index contributed by atoms with van der Waals surface area (Å²) in [5, 5.41) is 16.3. The first-order valence-electron chi connectivity index (χ1n) is 6.18. The second-order valence-corrected chi connectivity index (χ2v) is 4.45. The van der Waals surface area contributed by atoms with E-state index in [9.17, 15) is 4.79 Å². The van der Waals surface area contributed by atoms with Crippen LogP contribution >= 0.6 is 0 Å². The lowest BCUT2D eigenvalue weighted by molar-refractivity contribution is 0.683. The summed E-state index contributed by atoms with van der Waals surface area (Å²) >= 11 is 0. The van der Waals surface area contributed by atoms with Crippen molar-refractivity contribution in [3.63, 3.8) is 0 Å². The van der Waals surface area contributed by atoms with Gasteiger partial charge in [-0.1, -0.05) is 17.3 Å². The Bertz CT molecular complexity index is 752. The molecule has 0 atom stereocenters. The van der Waals surface area contributed by atoms with Gasteiger partial charge in [-0.05, 0) is 17.7 Å². The molecule has 1 aromatic carbocycles. The number of nitrogens with one attached hydrogen (secondary N) is 3. The zero-order valence-electron chi connectivity index (χ0n) is 10.9. The van der Waals surface area contributed by atoms with E-state index in [-0.39, 0.29) is 5.56 Å². The van der Waals surface area contributed by atoms with Gasteiger partial charge in [-0.15, -0.1) is 5.10 Å². The van der Waals surface area contributed by atoms with Gasteiger partial charge >= 0.3 is 0 Å². The van der Waals surface area contributed by atoms with Crippen molar-refractivity contribution in [2.75, 3.05) is 5.32 Å². The summed E-state index contributed by atoms with van der Waals surface area (Å²) in [6, 6.07) is 9.35. The van der Waals surface area contributed by atoms with E-state index in [1.807, 2.05) is 31.3 Å². The number of hydrogen-bond acceptors (Lipinski definition) is 4. The van der Waals surface area contributed by atoms with Crippen molar-refractivity contribution in [3.8, 4) is 11.3 Å². The fourth-order valence-corrected chi connectivity index (χ4v) is 1.92. The van der Waals surface area contributed by atoms with Crippen LogP contribution in [0.15, 0.2) is 41.3 Å². The molecule has 0 amide bonds. The molecular formula is C13H14N6O. The molecule has 0 unspecified atom stereocenters. The van der Waals surface area contributed by atoms with Gasteiger partial charge in [0.25, 0.3) is 5.56 Å². The molecule has 3 rings (SSSR count). The first-order valence-corrected chi connectivity index (χ1v) is 6.18. The largest absolute Gasteiger partial charge is 0.379 e. The van der Waals surface area contributed by atoms with Gasteiger partial charge in [0.1, 0.15) is 0 Å². The maximum absolute atomic E-state index is 11.1. The van der Waals surface area contributed by atoms with Crippen LogP contribution < -0.4 is 10.9 Å². The van der Waals surface area contributed by atoms with Crippen molar-refractivity contribution >= 4 is 5.69 Å². The highest BCUT2D eigenvalue weighted by molar-refractivity contribution is 5.62. The fourth-order valence-electron chi connectivity index (χ4n) is 1.92. The summed E-state index contributed by atoms with van der Waals surface area (Å²) in [6.45, 7) is 0.657. The summed E-state index contributed by atoms with van der Waals surface area (Å²) < 4.78 is 1.73. The van der Waals surface area contributed by atoms with Crippen molar-refractivity contribution in [2.45, 2.75) is 6.54 Å². The molecule has 0 saturated heterocycles. The molecule has 7 nitrogen and oxygen atoms in total. The van der Waals surface area contributed by atoms with E-state index < -0.39 is 0 Å². The molecule has 0 aliphatic heterocycles. The molecule has 102 valence electrons. The molecule has 2 aromatic heterocycles. The molecule has 0 aliphatic rings. The average Bonchev–Trinajstić information content (AvgIpc) is 3.06. The quantitative estimate of drug-likeness (QED) is 0.662.